The van der Waals surface area contributed by atoms with Crippen molar-refractivity contribution in [2.75, 3.05) is 5.32 Å². The lowest BCUT2D eigenvalue weighted by Crippen LogP contribution is -2.04. The Morgan fingerprint density at radius 2 is 1.87 bits per heavy atom. The van der Waals surface area contributed by atoms with Gasteiger partial charge in [-0.1, -0.05) is 6.07 Å². The molecule has 0 fully saturated rings. The fourth-order valence-electron chi connectivity index (χ4n) is 3.10. The van der Waals surface area contributed by atoms with Gasteiger partial charge in [0.05, 0.1) is 17.1 Å². The Labute approximate surface area is 169 Å². The zero-order valence-corrected chi connectivity index (χ0v) is 15.6. The average molecular weight is 409 g/mol. The number of hydrogen-bond acceptors (Lipinski definition) is 5. The number of halogens is 3. The second kappa shape index (κ2) is 7.75. The van der Waals surface area contributed by atoms with Crippen LogP contribution in [0.25, 0.3) is 16.9 Å². The predicted octanol–water partition coefficient (Wildman–Crippen LogP) is 5.08. The first kappa shape index (κ1) is 19.3. The quantitative estimate of drug-likeness (QED) is 0.497. The average Bonchev–Trinajstić information content (AvgIpc) is 3.06. The number of para-hydroxylation sites is 1. The van der Waals surface area contributed by atoms with Gasteiger partial charge in [-0.3, -0.25) is 4.57 Å². The van der Waals surface area contributed by atoms with Crippen LogP contribution in [0, 0.1) is 24.1 Å². The summed E-state index contributed by atoms with van der Waals surface area (Å²) in [5.41, 5.74) is 1.62. The monoisotopic (exact) mass is 409 g/mol. The number of fused-ring (bicyclic) bond motifs is 1. The highest BCUT2D eigenvalue weighted by molar-refractivity contribution is 5.78. The summed E-state index contributed by atoms with van der Waals surface area (Å²) in [6.45, 7) is -1.19. The van der Waals surface area contributed by atoms with Gasteiger partial charge in [0.25, 0.3) is 0 Å². The third-order valence-electron chi connectivity index (χ3n) is 4.33. The number of rotatable bonds is 5. The lowest BCUT2D eigenvalue weighted by Gasteiger charge is -2.11. The number of imidazole rings is 1. The summed E-state index contributed by atoms with van der Waals surface area (Å²) in [6.07, 6.45) is 0. The molecule has 30 heavy (non-hydrogen) atoms. The van der Waals surface area contributed by atoms with Gasteiger partial charge >= 0.3 is 6.61 Å². The van der Waals surface area contributed by atoms with Crippen molar-refractivity contribution < 1.29 is 17.9 Å². The Morgan fingerprint density at radius 1 is 1.10 bits per heavy atom. The van der Waals surface area contributed by atoms with Gasteiger partial charge in [0.1, 0.15) is 28.7 Å². The summed E-state index contributed by atoms with van der Waals surface area (Å²) in [7, 11) is 0. The molecule has 0 aliphatic rings. The van der Waals surface area contributed by atoms with E-state index in [1.54, 1.807) is 47.9 Å². The van der Waals surface area contributed by atoms with Crippen molar-refractivity contribution in [3.63, 3.8) is 0 Å². The van der Waals surface area contributed by atoms with Crippen LogP contribution in [-0.4, -0.2) is 21.1 Å². The van der Waals surface area contributed by atoms with E-state index in [1.807, 2.05) is 0 Å². The van der Waals surface area contributed by atoms with Gasteiger partial charge in [0, 0.05) is 5.69 Å². The maximum Gasteiger partial charge on any atom is 0.387 e. The van der Waals surface area contributed by atoms with Gasteiger partial charge in [-0.15, -0.1) is 0 Å². The molecule has 150 valence electrons. The van der Waals surface area contributed by atoms with Gasteiger partial charge in [0.15, 0.2) is 5.82 Å². The summed E-state index contributed by atoms with van der Waals surface area (Å²) < 4.78 is 44.7. The van der Waals surface area contributed by atoms with Crippen molar-refractivity contribution in [1.29, 1.82) is 5.26 Å². The number of nitriles is 1. The van der Waals surface area contributed by atoms with Crippen molar-refractivity contribution in [2.45, 2.75) is 13.5 Å². The standard InChI is InChI=1S/C21H14F3N5O/c1-12-26-20-16(22)3-2-4-17(20)29(12)19-10-13(11-25)9-18(28-19)27-14-5-7-15(8-6-14)30-21(23)24/h2-10,21H,1H3,(H,27,28). The molecule has 4 rings (SSSR count). The molecule has 4 aromatic rings. The molecule has 0 saturated heterocycles. The number of anilines is 2. The molecular weight excluding hydrogens is 395 g/mol. The van der Waals surface area contributed by atoms with E-state index in [0.29, 0.717) is 34.2 Å². The van der Waals surface area contributed by atoms with Crippen molar-refractivity contribution >= 4 is 22.5 Å². The SMILES string of the molecule is Cc1nc2c(F)cccc2n1-c1cc(C#N)cc(Nc2ccc(OC(F)F)cc2)n1. The smallest absolute Gasteiger partial charge is 0.387 e. The zero-order valence-electron chi connectivity index (χ0n) is 15.6. The second-order valence-corrected chi connectivity index (χ2v) is 6.34. The maximum atomic E-state index is 14.1. The summed E-state index contributed by atoms with van der Waals surface area (Å²) in [5, 5.41) is 12.4. The first-order valence-electron chi connectivity index (χ1n) is 8.82. The lowest BCUT2D eigenvalue weighted by atomic mass is 10.2. The molecule has 0 spiro atoms. The van der Waals surface area contributed by atoms with Crippen LogP contribution in [0.4, 0.5) is 24.7 Å². The maximum absolute atomic E-state index is 14.1. The molecule has 0 atom stereocenters. The van der Waals surface area contributed by atoms with E-state index in [1.165, 1.54) is 18.2 Å². The molecule has 9 heteroatoms. The van der Waals surface area contributed by atoms with E-state index in [0.717, 1.165) is 0 Å². The summed E-state index contributed by atoms with van der Waals surface area (Å²) in [5.74, 6) is 0.828. The fourth-order valence-corrected chi connectivity index (χ4v) is 3.10. The second-order valence-electron chi connectivity index (χ2n) is 6.34. The van der Waals surface area contributed by atoms with Crippen molar-refractivity contribution in [3.05, 3.63) is 71.8 Å². The molecule has 1 N–H and O–H groups in total. The number of ether oxygens (including phenoxy) is 1. The molecule has 2 aromatic heterocycles. The topological polar surface area (TPSA) is 75.8 Å². The molecule has 0 radical (unpaired) electrons. The molecule has 0 unspecified atom stereocenters. The third-order valence-corrected chi connectivity index (χ3v) is 4.33. The molecule has 0 saturated carbocycles. The predicted molar refractivity (Wildman–Crippen MR) is 105 cm³/mol. The van der Waals surface area contributed by atoms with Crippen molar-refractivity contribution in [1.82, 2.24) is 14.5 Å². The van der Waals surface area contributed by atoms with Crippen LogP contribution in [-0.2, 0) is 0 Å². The van der Waals surface area contributed by atoms with E-state index in [2.05, 4.69) is 26.1 Å². The first-order valence-corrected chi connectivity index (χ1v) is 8.82. The summed E-state index contributed by atoms with van der Waals surface area (Å²) in [6, 6.07) is 15.7. The number of pyridine rings is 1. The lowest BCUT2D eigenvalue weighted by molar-refractivity contribution is -0.0498. The fraction of sp³-hybridized carbons (Fsp3) is 0.0952. The van der Waals surface area contributed by atoms with E-state index in [-0.39, 0.29) is 11.3 Å². The Kier molecular flexibility index (Phi) is 4.98. The highest BCUT2D eigenvalue weighted by Crippen LogP contribution is 2.26. The van der Waals surface area contributed by atoms with Crippen LogP contribution in [0.1, 0.15) is 11.4 Å². The van der Waals surface area contributed by atoms with Gasteiger partial charge in [0.2, 0.25) is 0 Å². The molecule has 0 amide bonds. The van der Waals surface area contributed by atoms with E-state index in [4.69, 9.17) is 0 Å². The minimum atomic E-state index is -2.90. The van der Waals surface area contributed by atoms with Crippen LogP contribution >= 0.6 is 0 Å². The van der Waals surface area contributed by atoms with Crippen LogP contribution in [0.3, 0.4) is 0 Å². The highest BCUT2D eigenvalue weighted by Gasteiger charge is 2.15. The van der Waals surface area contributed by atoms with E-state index >= 15 is 0 Å². The van der Waals surface area contributed by atoms with Crippen LogP contribution in [0.15, 0.2) is 54.6 Å². The minimum absolute atomic E-state index is 0.0255. The molecule has 6 nitrogen and oxygen atoms in total. The molecule has 0 aliphatic carbocycles. The van der Waals surface area contributed by atoms with E-state index in [9.17, 15) is 18.4 Å². The summed E-state index contributed by atoms with van der Waals surface area (Å²) >= 11 is 0. The third kappa shape index (κ3) is 3.75. The number of alkyl halides is 2. The van der Waals surface area contributed by atoms with Gasteiger partial charge in [-0.05, 0) is 55.5 Å². The number of hydrogen-bond donors (Lipinski definition) is 1. The Balaban J connectivity index is 1.73. The number of nitrogens with zero attached hydrogens (tertiary/aromatic N) is 4. The minimum Gasteiger partial charge on any atom is -0.435 e. The molecule has 0 aliphatic heterocycles. The number of benzene rings is 2. The van der Waals surface area contributed by atoms with Crippen LogP contribution < -0.4 is 10.1 Å². The largest absolute Gasteiger partial charge is 0.435 e. The Morgan fingerprint density at radius 3 is 2.57 bits per heavy atom. The highest BCUT2D eigenvalue weighted by atomic mass is 19.3. The van der Waals surface area contributed by atoms with Gasteiger partial charge in [-0.25, -0.2) is 14.4 Å². The molecule has 2 heterocycles. The van der Waals surface area contributed by atoms with Gasteiger partial charge < -0.3 is 10.1 Å². The summed E-state index contributed by atoms with van der Waals surface area (Å²) in [4.78, 5) is 8.78. The Hall–Kier alpha value is -4.06. The normalized spacial score (nSPS) is 10.9. The number of nitrogens with one attached hydrogen (secondary N) is 1. The first-order chi connectivity index (χ1) is 14.4. The Bertz CT molecular complexity index is 1260. The van der Waals surface area contributed by atoms with Crippen molar-refractivity contribution in [3.8, 4) is 17.6 Å². The molecule has 0 bridgehead atoms. The molecular formula is C21H14F3N5O. The van der Waals surface area contributed by atoms with Crippen LogP contribution in [0.5, 0.6) is 5.75 Å². The number of aryl methyl sites for hydroxylation is 1. The molecule has 2 aromatic carbocycles. The zero-order chi connectivity index (χ0) is 21.3. The number of aromatic nitrogens is 3. The van der Waals surface area contributed by atoms with Gasteiger partial charge in [-0.2, -0.15) is 14.0 Å². The van der Waals surface area contributed by atoms with E-state index < -0.39 is 12.4 Å². The van der Waals surface area contributed by atoms with Crippen molar-refractivity contribution in [2.24, 2.45) is 0 Å². The van der Waals surface area contributed by atoms with Crippen LogP contribution in [0.2, 0.25) is 0 Å².